The van der Waals surface area contributed by atoms with Gasteiger partial charge in [-0.05, 0) is 43.9 Å². The molecule has 6 nitrogen and oxygen atoms in total. The zero-order chi connectivity index (χ0) is 17.7. The van der Waals surface area contributed by atoms with E-state index in [9.17, 15) is 8.42 Å². The minimum atomic E-state index is -3.69. The highest BCUT2D eigenvalue weighted by atomic mass is 35.5. The van der Waals surface area contributed by atoms with Gasteiger partial charge in [-0.25, -0.2) is 8.42 Å². The fourth-order valence-electron chi connectivity index (χ4n) is 2.80. The number of ether oxygens (including phenoxy) is 2. The Bertz CT molecular complexity index is 651. The number of rotatable bonds is 7. The fourth-order valence-corrected chi connectivity index (χ4v) is 4.73. The molecule has 1 saturated heterocycles. The first-order chi connectivity index (χ1) is 11.4. The maximum atomic E-state index is 13.1. The zero-order valence-corrected chi connectivity index (χ0v) is 15.6. The predicted molar refractivity (Wildman–Crippen MR) is 94.0 cm³/mol. The first-order valence-electron chi connectivity index (χ1n) is 8.03. The van der Waals surface area contributed by atoms with Gasteiger partial charge in [-0.15, -0.1) is 0 Å². The van der Waals surface area contributed by atoms with Gasteiger partial charge in [0, 0.05) is 31.3 Å². The molecule has 0 bridgehead atoms. The molecule has 0 radical (unpaired) electrons. The van der Waals surface area contributed by atoms with Crippen molar-refractivity contribution in [3.05, 3.63) is 23.2 Å². The van der Waals surface area contributed by atoms with Crippen molar-refractivity contribution in [1.82, 2.24) is 4.31 Å². The number of methoxy groups -OCH3 is 1. The third-order valence-corrected chi connectivity index (χ3v) is 6.35. The standard InChI is InChI=1S/C16H25ClN2O4S/c1-12(18)13-4-3-7-19(11-13)24(20,21)16-10-14(17)5-6-15(16)23-9-8-22-2/h5-6,10,12-13H,3-4,7-9,11,18H2,1-2H3/t12-,13+/m0/s1. The van der Waals surface area contributed by atoms with Crippen molar-refractivity contribution < 1.29 is 17.9 Å². The van der Waals surface area contributed by atoms with E-state index in [1.54, 1.807) is 19.2 Å². The average molecular weight is 377 g/mol. The van der Waals surface area contributed by atoms with E-state index in [4.69, 9.17) is 26.8 Å². The van der Waals surface area contributed by atoms with Gasteiger partial charge in [0.2, 0.25) is 10.0 Å². The fraction of sp³-hybridized carbons (Fsp3) is 0.625. The van der Waals surface area contributed by atoms with Crippen molar-refractivity contribution in [3.8, 4) is 5.75 Å². The first-order valence-corrected chi connectivity index (χ1v) is 9.85. The highest BCUT2D eigenvalue weighted by Gasteiger charge is 2.33. The van der Waals surface area contributed by atoms with Gasteiger partial charge in [-0.1, -0.05) is 11.6 Å². The average Bonchev–Trinajstić information content (AvgIpc) is 2.56. The van der Waals surface area contributed by atoms with Gasteiger partial charge in [0.25, 0.3) is 0 Å². The third kappa shape index (κ3) is 4.61. The van der Waals surface area contributed by atoms with Gasteiger partial charge in [-0.2, -0.15) is 4.31 Å². The lowest BCUT2D eigenvalue weighted by Crippen LogP contribution is -2.45. The van der Waals surface area contributed by atoms with Gasteiger partial charge in [-0.3, -0.25) is 0 Å². The molecule has 0 saturated carbocycles. The van der Waals surface area contributed by atoms with Crippen molar-refractivity contribution in [2.45, 2.75) is 30.7 Å². The molecule has 1 aliphatic rings. The van der Waals surface area contributed by atoms with Crippen LogP contribution in [0.25, 0.3) is 0 Å². The highest BCUT2D eigenvalue weighted by molar-refractivity contribution is 7.89. The topological polar surface area (TPSA) is 81.9 Å². The molecule has 2 N–H and O–H groups in total. The van der Waals surface area contributed by atoms with E-state index in [2.05, 4.69) is 0 Å². The number of nitrogens with two attached hydrogens (primary N) is 1. The Morgan fingerprint density at radius 1 is 1.42 bits per heavy atom. The lowest BCUT2D eigenvalue weighted by atomic mass is 9.93. The number of piperidine rings is 1. The smallest absolute Gasteiger partial charge is 0.246 e. The van der Waals surface area contributed by atoms with E-state index in [1.165, 1.54) is 10.4 Å². The normalized spacial score (nSPS) is 20.8. The van der Waals surface area contributed by atoms with Crippen molar-refractivity contribution in [1.29, 1.82) is 0 Å². The molecule has 0 unspecified atom stereocenters. The van der Waals surface area contributed by atoms with Gasteiger partial charge in [0.05, 0.1) is 6.61 Å². The van der Waals surface area contributed by atoms with Crippen LogP contribution in [-0.4, -0.2) is 52.2 Å². The summed E-state index contributed by atoms with van der Waals surface area (Å²) in [5.74, 6) is 0.449. The minimum Gasteiger partial charge on any atom is -0.490 e. The second-order valence-corrected chi connectivity index (χ2v) is 8.40. The Morgan fingerprint density at radius 3 is 2.83 bits per heavy atom. The molecule has 0 aliphatic carbocycles. The van der Waals surface area contributed by atoms with Gasteiger partial charge >= 0.3 is 0 Å². The van der Waals surface area contributed by atoms with Crippen LogP contribution in [-0.2, 0) is 14.8 Å². The number of benzene rings is 1. The quantitative estimate of drug-likeness (QED) is 0.737. The molecule has 2 atom stereocenters. The van der Waals surface area contributed by atoms with Crippen LogP contribution in [0, 0.1) is 5.92 Å². The number of nitrogens with zero attached hydrogens (tertiary/aromatic N) is 1. The lowest BCUT2D eigenvalue weighted by molar-refractivity contribution is 0.144. The molecule has 24 heavy (non-hydrogen) atoms. The number of hydrogen-bond donors (Lipinski definition) is 1. The van der Waals surface area contributed by atoms with Crippen LogP contribution in [0.5, 0.6) is 5.75 Å². The van der Waals surface area contributed by atoms with E-state index in [1.807, 2.05) is 6.92 Å². The molecular weight excluding hydrogens is 352 g/mol. The summed E-state index contributed by atoms with van der Waals surface area (Å²) >= 11 is 6.02. The SMILES string of the molecule is COCCOc1ccc(Cl)cc1S(=O)(=O)N1CCC[C@@H]([C@H](C)N)C1. The molecule has 1 aromatic rings. The first kappa shape index (κ1) is 19.5. The molecule has 8 heteroatoms. The zero-order valence-electron chi connectivity index (χ0n) is 14.1. The summed E-state index contributed by atoms with van der Waals surface area (Å²) in [5.41, 5.74) is 5.97. The maximum absolute atomic E-state index is 13.1. The summed E-state index contributed by atoms with van der Waals surface area (Å²) in [6.07, 6.45) is 1.74. The molecule has 0 amide bonds. The highest BCUT2D eigenvalue weighted by Crippen LogP contribution is 2.32. The van der Waals surface area contributed by atoms with Crippen molar-refractivity contribution in [3.63, 3.8) is 0 Å². The summed E-state index contributed by atoms with van der Waals surface area (Å²) in [6, 6.07) is 4.59. The molecule has 0 spiro atoms. The Balaban J connectivity index is 2.29. The summed E-state index contributed by atoms with van der Waals surface area (Å²) in [7, 11) is -2.13. The van der Waals surface area contributed by atoms with Gasteiger partial charge in [0.1, 0.15) is 17.3 Å². The monoisotopic (exact) mass is 376 g/mol. The van der Waals surface area contributed by atoms with Gasteiger partial charge < -0.3 is 15.2 Å². The van der Waals surface area contributed by atoms with E-state index >= 15 is 0 Å². The molecule has 1 fully saturated rings. The van der Waals surface area contributed by atoms with Crippen LogP contribution in [0.15, 0.2) is 23.1 Å². The van der Waals surface area contributed by atoms with Crippen LogP contribution >= 0.6 is 11.6 Å². The molecular formula is C16H25ClN2O4S. The molecule has 136 valence electrons. The van der Waals surface area contributed by atoms with E-state index in [0.29, 0.717) is 30.5 Å². The van der Waals surface area contributed by atoms with Crippen LogP contribution in [0.1, 0.15) is 19.8 Å². The Hall–Kier alpha value is -0.860. The second-order valence-electron chi connectivity index (χ2n) is 6.06. The summed E-state index contributed by atoms with van der Waals surface area (Å²) in [5, 5.41) is 0.355. The summed E-state index contributed by atoms with van der Waals surface area (Å²) in [6.45, 7) is 3.46. The van der Waals surface area contributed by atoms with Crippen LogP contribution < -0.4 is 10.5 Å². The Morgan fingerprint density at radius 2 is 2.17 bits per heavy atom. The summed E-state index contributed by atoms with van der Waals surface area (Å²) < 4.78 is 38.2. The van der Waals surface area contributed by atoms with Gasteiger partial charge in [0.15, 0.2) is 0 Å². The van der Waals surface area contributed by atoms with Crippen LogP contribution in [0.4, 0.5) is 0 Å². The van der Waals surface area contributed by atoms with Crippen molar-refractivity contribution in [2.75, 3.05) is 33.4 Å². The molecule has 0 aromatic heterocycles. The molecule has 2 rings (SSSR count). The minimum absolute atomic E-state index is 0.0419. The van der Waals surface area contributed by atoms with Crippen molar-refractivity contribution in [2.24, 2.45) is 11.7 Å². The van der Waals surface area contributed by atoms with Crippen LogP contribution in [0.2, 0.25) is 5.02 Å². The van der Waals surface area contributed by atoms with E-state index in [-0.39, 0.29) is 23.5 Å². The van der Waals surface area contributed by atoms with Crippen LogP contribution in [0.3, 0.4) is 0 Å². The lowest BCUT2D eigenvalue weighted by Gasteiger charge is -2.34. The Labute approximate surface area is 148 Å². The summed E-state index contributed by atoms with van der Waals surface area (Å²) in [4.78, 5) is 0.0939. The van der Waals surface area contributed by atoms with Crippen molar-refractivity contribution >= 4 is 21.6 Å². The second kappa shape index (κ2) is 8.49. The predicted octanol–water partition coefficient (Wildman–Crippen LogP) is 2.11. The molecule has 1 aromatic carbocycles. The Kier molecular flexibility index (Phi) is 6.88. The maximum Gasteiger partial charge on any atom is 0.246 e. The molecule has 1 heterocycles. The third-order valence-electron chi connectivity index (χ3n) is 4.23. The van der Waals surface area contributed by atoms with E-state index < -0.39 is 10.0 Å². The molecule has 1 aliphatic heterocycles. The number of hydrogen-bond acceptors (Lipinski definition) is 5. The number of halogens is 1. The largest absolute Gasteiger partial charge is 0.490 e. The number of sulfonamides is 1. The van der Waals surface area contributed by atoms with E-state index in [0.717, 1.165) is 12.8 Å².